The Morgan fingerprint density at radius 1 is 1.25 bits per heavy atom. The Labute approximate surface area is 76.1 Å². The third-order valence-corrected chi connectivity index (χ3v) is 2.07. The molecule has 2 N–H and O–H groups in total. The van der Waals surface area contributed by atoms with Crippen molar-refractivity contribution in [2.24, 2.45) is 0 Å². The summed E-state index contributed by atoms with van der Waals surface area (Å²) >= 11 is 2.63. The summed E-state index contributed by atoms with van der Waals surface area (Å²) in [5, 5.41) is 17.2. The molecule has 2 nitrogen and oxygen atoms in total. The lowest BCUT2D eigenvalue weighted by atomic mass is 9.80. The van der Waals surface area contributed by atoms with Gasteiger partial charge in [-0.2, -0.15) is 0 Å². The van der Waals surface area contributed by atoms with Gasteiger partial charge in [0, 0.05) is 5.46 Å². The molecule has 1 rings (SSSR count). The quantitative estimate of drug-likeness (QED) is 0.548. The van der Waals surface area contributed by atoms with Gasteiger partial charge in [-0.3, -0.25) is 0 Å². The molecule has 0 aliphatic carbocycles. The van der Waals surface area contributed by atoms with Crippen molar-refractivity contribution in [2.45, 2.75) is 0 Å². The van der Waals surface area contributed by atoms with Gasteiger partial charge in [-0.05, 0) is 22.0 Å². The average Bonchev–Trinajstić information content (AvgIpc) is 2.00. The first-order valence-electron chi connectivity index (χ1n) is 3.03. The van der Waals surface area contributed by atoms with Gasteiger partial charge in [0.1, 0.15) is 11.6 Å². The lowest BCUT2D eigenvalue weighted by Crippen LogP contribution is -2.33. The van der Waals surface area contributed by atoms with Crippen molar-refractivity contribution in [3.8, 4) is 0 Å². The molecule has 0 bridgehead atoms. The van der Waals surface area contributed by atoms with Crippen LogP contribution in [-0.4, -0.2) is 17.2 Å². The third kappa shape index (κ3) is 1.65. The molecule has 1 aromatic rings. The van der Waals surface area contributed by atoms with Crippen LogP contribution in [0.4, 0.5) is 8.78 Å². The van der Waals surface area contributed by atoms with Gasteiger partial charge in [0.05, 0.1) is 4.47 Å². The molecule has 0 atom stereocenters. The second kappa shape index (κ2) is 3.51. The second-order valence-electron chi connectivity index (χ2n) is 2.14. The Morgan fingerprint density at radius 3 is 2.33 bits per heavy atom. The maximum absolute atomic E-state index is 12.9. The zero-order valence-electron chi connectivity index (χ0n) is 5.76. The van der Waals surface area contributed by atoms with E-state index in [-0.39, 0.29) is 5.46 Å². The van der Waals surface area contributed by atoms with Crippen molar-refractivity contribution in [3.63, 3.8) is 0 Å². The number of rotatable bonds is 1. The van der Waals surface area contributed by atoms with Gasteiger partial charge >= 0.3 is 7.12 Å². The molecule has 0 fully saturated rings. The molecule has 1 aromatic carbocycles. The molecular formula is C6H4BBrF2O2. The minimum Gasteiger partial charge on any atom is -0.423 e. The van der Waals surface area contributed by atoms with Crippen molar-refractivity contribution in [1.82, 2.24) is 0 Å². The SMILES string of the molecule is OB(O)c1ccc(F)c(Br)c1F. The highest BCUT2D eigenvalue weighted by molar-refractivity contribution is 9.10. The van der Waals surface area contributed by atoms with Gasteiger partial charge in [-0.15, -0.1) is 0 Å². The molecule has 0 aromatic heterocycles. The summed E-state index contributed by atoms with van der Waals surface area (Å²) in [7, 11) is -1.93. The van der Waals surface area contributed by atoms with Crippen LogP contribution in [0.3, 0.4) is 0 Å². The fourth-order valence-electron chi connectivity index (χ4n) is 0.740. The number of halogens is 3. The molecule has 0 saturated heterocycles. The average molecular weight is 237 g/mol. The fraction of sp³-hybridized carbons (Fsp3) is 0. The van der Waals surface area contributed by atoms with Gasteiger partial charge in [0.25, 0.3) is 0 Å². The predicted molar refractivity (Wildman–Crippen MR) is 43.9 cm³/mol. The highest BCUT2D eigenvalue weighted by Crippen LogP contribution is 2.17. The summed E-state index contributed by atoms with van der Waals surface area (Å²) in [6, 6.07) is 1.92. The van der Waals surface area contributed by atoms with Crippen molar-refractivity contribution >= 4 is 28.5 Å². The van der Waals surface area contributed by atoms with Gasteiger partial charge in [0.2, 0.25) is 0 Å². The van der Waals surface area contributed by atoms with Crippen LogP contribution in [0, 0.1) is 11.6 Å². The molecule has 64 valence electrons. The van der Waals surface area contributed by atoms with E-state index in [2.05, 4.69) is 15.9 Å². The minimum atomic E-state index is -1.93. The van der Waals surface area contributed by atoms with E-state index in [0.717, 1.165) is 12.1 Å². The van der Waals surface area contributed by atoms with E-state index < -0.39 is 23.2 Å². The Morgan fingerprint density at radius 2 is 1.83 bits per heavy atom. The van der Waals surface area contributed by atoms with Crippen LogP contribution in [0.25, 0.3) is 0 Å². The predicted octanol–water partition coefficient (Wildman–Crippen LogP) is 0.407. The van der Waals surface area contributed by atoms with Crippen molar-refractivity contribution in [3.05, 3.63) is 28.2 Å². The molecule has 0 aliphatic heterocycles. The summed E-state index contributed by atoms with van der Waals surface area (Å²) in [5.74, 6) is -1.78. The van der Waals surface area contributed by atoms with E-state index >= 15 is 0 Å². The highest BCUT2D eigenvalue weighted by atomic mass is 79.9. The molecule has 0 spiro atoms. The van der Waals surface area contributed by atoms with E-state index in [9.17, 15) is 8.78 Å². The van der Waals surface area contributed by atoms with Crippen LogP contribution >= 0.6 is 15.9 Å². The van der Waals surface area contributed by atoms with E-state index in [1.165, 1.54) is 0 Å². The topological polar surface area (TPSA) is 40.5 Å². The van der Waals surface area contributed by atoms with E-state index in [1.807, 2.05) is 0 Å². The Hall–Kier alpha value is -0.455. The largest absolute Gasteiger partial charge is 0.491 e. The summed E-state index contributed by atoms with van der Waals surface area (Å²) in [4.78, 5) is 0. The first kappa shape index (κ1) is 9.63. The molecule has 12 heavy (non-hydrogen) atoms. The van der Waals surface area contributed by atoms with Gasteiger partial charge in [-0.25, -0.2) is 8.78 Å². The van der Waals surface area contributed by atoms with E-state index in [4.69, 9.17) is 10.0 Å². The van der Waals surface area contributed by atoms with Crippen LogP contribution < -0.4 is 5.46 Å². The van der Waals surface area contributed by atoms with Crippen molar-refractivity contribution in [2.75, 3.05) is 0 Å². The van der Waals surface area contributed by atoms with E-state index in [1.54, 1.807) is 0 Å². The Kier molecular flexibility index (Phi) is 2.82. The molecular weight excluding hydrogens is 233 g/mol. The van der Waals surface area contributed by atoms with Crippen molar-refractivity contribution < 1.29 is 18.8 Å². The third-order valence-electron chi connectivity index (χ3n) is 1.34. The zero-order valence-corrected chi connectivity index (χ0v) is 7.35. The summed E-state index contributed by atoms with van der Waals surface area (Å²) in [6.45, 7) is 0. The minimum absolute atomic E-state index is 0.358. The Bertz CT molecular complexity index is 306. The summed E-state index contributed by atoms with van der Waals surface area (Å²) in [5.41, 5.74) is -0.358. The number of hydrogen-bond acceptors (Lipinski definition) is 2. The standard InChI is InChI=1S/C6H4BBrF2O2/c8-5-4(9)2-1-3(6(5)10)7(11)12/h1-2,11-12H. The van der Waals surface area contributed by atoms with Crippen LogP contribution in [0.1, 0.15) is 0 Å². The smallest absolute Gasteiger partial charge is 0.423 e. The summed E-state index contributed by atoms with van der Waals surface area (Å²) in [6.07, 6.45) is 0. The number of benzene rings is 1. The monoisotopic (exact) mass is 236 g/mol. The van der Waals surface area contributed by atoms with Crippen LogP contribution in [0.5, 0.6) is 0 Å². The maximum Gasteiger partial charge on any atom is 0.491 e. The first-order chi connectivity index (χ1) is 5.54. The molecule has 0 amide bonds. The lowest BCUT2D eigenvalue weighted by molar-refractivity contribution is 0.422. The van der Waals surface area contributed by atoms with Crippen LogP contribution in [0.2, 0.25) is 0 Å². The van der Waals surface area contributed by atoms with Crippen LogP contribution in [-0.2, 0) is 0 Å². The molecule has 0 heterocycles. The Balaban J connectivity index is 3.27. The van der Waals surface area contributed by atoms with Gasteiger partial charge in [0.15, 0.2) is 0 Å². The second-order valence-corrected chi connectivity index (χ2v) is 2.93. The zero-order chi connectivity index (χ0) is 9.30. The fourth-order valence-corrected chi connectivity index (χ4v) is 1.10. The van der Waals surface area contributed by atoms with E-state index in [0.29, 0.717) is 0 Å². The maximum atomic E-state index is 12.9. The number of hydrogen-bond donors (Lipinski definition) is 2. The first-order valence-corrected chi connectivity index (χ1v) is 3.83. The lowest BCUT2D eigenvalue weighted by Gasteiger charge is -2.03. The van der Waals surface area contributed by atoms with Gasteiger partial charge in [-0.1, -0.05) is 6.07 Å². The molecule has 0 radical (unpaired) electrons. The van der Waals surface area contributed by atoms with Crippen molar-refractivity contribution in [1.29, 1.82) is 0 Å². The highest BCUT2D eigenvalue weighted by Gasteiger charge is 2.19. The summed E-state index contributed by atoms with van der Waals surface area (Å²) < 4.78 is 25.1. The van der Waals surface area contributed by atoms with Gasteiger partial charge < -0.3 is 10.0 Å². The van der Waals surface area contributed by atoms with Crippen LogP contribution in [0.15, 0.2) is 16.6 Å². The molecule has 0 saturated carbocycles. The molecule has 6 heteroatoms. The molecule has 0 unspecified atom stereocenters. The normalized spacial score (nSPS) is 10.1. The molecule has 0 aliphatic rings.